The summed E-state index contributed by atoms with van der Waals surface area (Å²) < 4.78 is 0. The quantitative estimate of drug-likeness (QED) is 0.0244. The second kappa shape index (κ2) is 59.7. The molecule has 3 N–H and O–H groups in total. The normalized spacial score (nSPS) is 13.4. The first-order chi connectivity index (χ1) is 62.8. The van der Waals surface area contributed by atoms with Crippen LogP contribution in [0.5, 0.6) is 0 Å². The molecule has 14 heteroatoms. The number of aliphatic hydroxyl groups is 3. The van der Waals surface area contributed by atoms with Crippen LogP contribution in [0.2, 0.25) is 0 Å². The Morgan fingerprint density at radius 1 is 0.358 bits per heavy atom. The molecule has 12 aromatic rings. The molecule has 0 aliphatic heterocycles. The van der Waals surface area contributed by atoms with Gasteiger partial charge in [-0.15, -0.1) is 141 Å². The molecule has 3 aliphatic carbocycles. The van der Waals surface area contributed by atoms with Crippen LogP contribution >= 0.6 is 0 Å². The summed E-state index contributed by atoms with van der Waals surface area (Å²) in [5, 5.41) is 35.9. The summed E-state index contributed by atoms with van der Waals surface area (Å²) >= 11 is 0. The number of aromatic nitrogens is 4. The number of aliphatic hydroxyl groups excluding tert-OH is 3. The number of Topliss-reactive ketones (excluding diaryl/α,β-unsaturated/α-hetero) is 1. The van der Waals surface area contributed by atoms with Crippen LogP contribution in [0.25, 0.3) is 88.5 Å². The van der Waals surface area contributed by atoms with Gasteiger partial charge in [0.05, 0.1) is 28.1 Å². The fourth-order valence-corrected chi connectivity index (χ4v) is 18.9. The van der Waals surface area contributed by atoms with E-state index in [0.29, 0.717) is 11.3 Å². The van der Waals surface area contributed by atoms with Crippen molar-refractivity contribution in [2.24, 2.45) is 35.5 Å². The van der Waals surface area contributed by atoms with E-state index in [1.807, 2.05) is 132 Å². The van der Waals surface area contributed by atoms with Crippen LogP contribution in [-0.4, -0.2) is 52.6 Å². The summed E-state index contributed by atoms with van der Waals surface area (Å²) in [4.78, 5) is 54.7. The van der Waals surface area contributed by atoms with E-state index in [2.05, 4.69) is 210 Å². The number of aryl methyl sites for hydroxylation is 6. The van der Waals surface area contributed by atoms with Crippen molar-refractivity contribution in [2.75, 3.05) is 0 Å². The summed E-state index contributed by atoms with van der Waals surface area (Å²) in [5.74, 6) is 3.91. The Hall–Kier alpha value is -8.37. The average Bonchev–Trinajstić information content (AvgIpc) is 1.36. The Kier molecular flexibility index (Phi) is 51.7. The third-order valence-corrected chi connectivity index (χ3v) is 27.0. The van der Waals surface area contributed by atoms with Crippen LogP contribution in [0.4, 0.5) is 0 Å². The number of ketones is 3. The van der Waals surface area contributed by atoms with E-state index in [1.54, 1.807) is 6.92 Å². The Labute approximate surface area is 858 Å². The maximum atomic E-state index is 12.1. The fraction of sp³-hybridized carbons (Fsp3) is 0.425. The summed E-state index contributed by atoms with van der Waals surface area (Å²) in [5.41, 5.74) is 24.0. The Bertz CT molecular complexity index is 5480. The first-order valence-corrected chi connectivity index (χ1v) is 49.1. The van der Waals surface area contributed by atoms with Crippen molar-refractivity contribution in [3.05, 3.63) is 298 Å². The van der Waals surface area contributed by atoms with Gasteiger partial charge in [-0.3, -0.25) is 29.3 Å². The summed E-state index contributed by atoms with van der Waals surface area (Å²) in [6, 6.07) is 77.7. The van der Waals surface area contributed by atoms with Crippen molar-refractivity contribution in [3.63, 3.8) is 0 Å². The molecule has 10 nitrogen and oxygen atoms in total. The molecule has 3 aliphatic rings. The molecule has 0 unspecified atom stereocenters. The van der Waals surface area contributed by atoms with Crippen molar-refractivity contribution in [1.29, 1.82) is 0 Å². The largest absolute Gasteiger partial charge is 0.512 e. The maximum absolute atomic E-state index is 12.1. The molecule has 0 bridgehead atoms. The van der Waals surface area contributed by atoms with Gasteiger partial charge < -0.3 is 20.3 Å². The molecule has 0 saturated heterocycles. The van der Waals surface area contributed by atoms with Gasteiger partial charge in [0.15, 0.2) is 17.3 Å². The topological polar surface area (TPSA) is 163 Å². The number of carbonyl (C=O) groups excluding carboxylic acids is 3. The molecule has 3 saturated carbocycles. The van der Waals surface area contributed by atoms with Gasteiger partial charge in [-0.1, -0.05) is 254 Å². The van der Waals surface area contributed by atoms with Crippen LogP contribution < -0.4 is 0 Å². The van der Waals surface area contributed by atoms with Gasteiger partial charge in [-0.25, -0.2) is 0 Å². The summed E-state index contributed by atoms with van der Waals surface area (Å²) in [6.07, 6.45) is 29.9. The van der Waals surface area contributed by atoms with E-state index in [9.17, 15) is 29.7 Å². The Morgan fingerprint density at radius 3 is 1.01 bits per heavy atom. The third kappa shape index (κ3) is 32.9. The SMILES string of the molecule is CCC(CC)C(=O)C(C)=C(O)C(CC)CC.CCC(CC)C(=O)C=C(O)C(CC)CC.CCC(CC)C(=O)C=C(O)C(CC)CC.Cc1[c-]c(-c2ccc3c(C4CCC4)cccc3n2)cc(C)c1.Cc1[c-]c(-c2ccc3c(C4CCCC4)cccc3n2)cc(C)c1.Cc1[c-]c(-c2ccc3c(C4CCCC4)cccc3n2)cc(C)c1.[Ir].[Ir].[Ir].[Ir].[c-]1ccccc1-c1nccc2ccccc12. The Balaban J connectivity index is 0.000000278. The number of benzene rings is 8. The van der Waals surface area contributed by atoms with Crippen LogP contribution in [-0.2, 0) is 94.8 Å². The molecule has 3 fully saturated rings. The first-order valence-electron chi connectivity index (χ1n) is 49.1. The third-order valence-electron chi connectivity index (χ3n) is 27.0. The second-order valence-electron chi connectivity index (χ2n) is 36.2. The van der Waals surface area contributed by atoms with Gasteiger partial charge in [-0.2, -0.15) is 0 Å². The molecule has 0 spiro atoms. The van der Waals surface area contributed by atoms with Crippen molar-refractivity contribution in [2.45, 2.75) is 297 Å². The molecule has 4 radical (unpaired) electrons. The number of allylic oxidation sites excluding steroid dienone is 6. The molecular formula is C120H148Ir4N4O6-4. The predicted octanol–water partition coefficient (Wildman–Crippen LogP) is 33.2. The molecule has 4 heterocycles. The number of hydrogen-bond donors (Lipinski definition) is 3. The predicted molar refractivity (Wildman–Crippen MR) is 548 cm³/mol. The molecular weight excluding hydrogens is 2360 g/mol. The number of rotatable bonds is 28. The fourth-order valence-electron chi connectivity index (χ4n) is 18.9. The number of fused-ring (bicyclic) bond motifs is 4. The summed E-state index contributed by atoms with van der Waals surface area (Å²) in [7, 11) is 0. The van der Waals surface area contributed by atoms with E-state index in [-0.39, 0.29) is 145 Å². The van der Waals surface area contributed by atoms with E-state index >= 15 is 0 Å². The maximum Gasteiger partial charge on any atom is 0.164 e. The smallest absolute Gasteiger partial charge is 0.164 e. The van der Waals surface area contributed by atoms with Gasteiger partial charge in [0.1, 0.15) is 5.76 Å². The zero-order chi connectivity index (χ0) is 93.9. The molecule has 4 aromatic heterocycles. The molecule has 0 atom stereocenters. The number of nitrogens with zero attached hydrogens (tertiary/aromatic N) is 4. The van der Waals surface area contributed by atoms with E-state index in [0.717, 1.165) is 156 Å². The Morgan fingerprint density at radius 2 is 0.694 bits per heavy atom. The molecule has 724 valence electrons. The van der Waals surface area contributed by atoms with Crippen molar-refractivity contribution in [1.82, 2.24) is 19.9 Å². The zero-order valence-corrected chi connectivity index (χ0v) is 92.8. The number of carbonyl (C=O) groups is 3. The van der Waals surface area contributed by atoms with Crippen LogP contribution in [0, 0.1) is 101 Å². The van der Waals surface area contributed by atoms with Crippen LogP contribution in [0.3, 0.4) is 0 Å². The number of pyridine rings is 4. The molecule has 8 aromatic carbocycles. The van der Waals surface area contributed by atoms with Crippen molar-refractivity contribution in [3.8, 4) is 45.0 Å². The first kappa shape index (κ1) is 116. The molecule has 0 amide bonds. The summed E-state index contributed by atoms with van der Waals surface area (Å²) in [6.45, 7) is 38.7. The zero-order valence-electron chi connectivity index (χ0n) is 83.2. The minimum absolute atomic E-state index is 0. The molecule has 15 rings (SSSR count). The van der Waals surface area contributed by atoms with Gasteiger partial charge in [-0.05, 0) is 215 Å². The van der Waals surface area contributed by atoms with Crippen LogP contribution in [0.15, 0.2) is 223 Å². The van der Waals surface area contributed by atoms with E-state index in [4.69, 9.17) is 15.0 Å². The van der Waals surface area contributed by atoms with E-state index < -0.39 is 0 Å². The minimum Gasteiger partial charge on any atom is -0.512 e. The van der Waals surface area contributed by atoms with Crippen LogP contribution in [0.1, 0.15) is 306 Å². The van der Waals surface area contributed by atoms with Crippen molar-refractivity contribution < 1.29 is 110 Å². The average molecular weight is 2510 g/mol. The van der Waals surface area contributed by atoms with Gasteiger partial charge in [0, 0.05) is 156 Å². The van der Waals surface area contributed by atoms with Gasteiger partial charge in [0.2, 0.25) is 0 Å². The van der Waals surface area contributed by atoms with Gasteiger partial charge >= 0.3 is 0 Å². The number of hydrogen-bond acceptors (Lipinski definition) is 10. The minimum atomic E-state index is 0. The van der Waals surface area contributed by atoms with Gasteiger partial charge in [0.25, 0.3) is 0 Å². The molecule has 134 heavy (non-hydrogen) atoms. The monoisotopic (exact) mass is 2510 g/mol. The van der Waals surface area contributed by atoms with E-state index in [1.165, 1.54) is 160 Å². The second-order valence-corrected chi connectivity index (χ2v) is 36.2. The van der Waals surface area contributed by atoms with Crippen molar-refractivity contribution >= 4 is 60.8 Å². The standard InChI is InChI=1S/2C22H22N.C21H20N.C15H10N.C14H26O2.2C13H24O2.4Ir/c2*1-15-12-16(2)14-18(13-15)21-11-10-20-19(17-6-3-4-7-17)8-5-9-22(20)23-21;1-14-11-15(2)13-17(12-14)20-10-9-19-18(16-5-3-6-16)7-4-8-21(19)22-20;1-2-7-13(8-3-1)15-14-9-5-4-6-12(14)10-11-16-15;1-6-11(7-2)13(15)10(5)14(16)12(8-3)9-4;2*1-5-10(6-2)12(14)9-13(15)11(7-3)8-4;;;;/h2*5,8-13,17H,3-4,6-7H2,1-2H3;4,7-12,16H,3,5-6H2,1-2H3;1-7,9-11H;11-12,15H,6-9H2,1-5H3;2*9-11,14H,5-8H2,1-4H3;;;;/q4*-1;;;;;;;.